The Morgan fingerprint density at radius 1 is 0.873 bits per heavy atom. The summed E-state index contributed by atoms with van der Waals surface area (Å²) in [6.45, 7) is 17.3. The highest BCUT2D eigenvalue weighted by Gasteiger charge is 2.43. The number of benzene rings is 1. The Morgan fingerprint density at radius 3 is 2.00 bits per heavy atom. The summed E-state index contributed by atoms with van der Waals surface area (Å²) in [5.41, 5.74) is 0.701. The number of nitrogens with zero attached hydrogens (tertiary/aromatic N) is 3. The molecule has 3 N–H and O–H groups in total. The monoisotopic (exact) mass is 774 g/mol. The molecule has 0 aromatic heterocycles. The highest BCUT2D eigenvalue weighted by molar-refractivity contribution is 5.92. The highest BCUT2D eigenvalue weighted by Crippen LogP contribution is 2.30. The third-order valence-corrected chi connectivity index (χ3v) is 11.5. The van der Waals surface area contributed by atoms with E-state index in [9.17, 15) is 29.1 Å². The molecule has 5 amide bonds. The minimum atomic E-state index is -0.889. The lowest BCUT2D eigenvalue weighted by Gasteiger charge is -2.41. The van der Waals surface area contributed by atoms with Gasteiger partial charge in [0.25, 0.3) is 0 Å². The largest absolute Gasteiger partial charge is 0.386 e. The average Bonchev–Trinajstić information content (AvgIpc) is 3.65. The standard InChI is InChI=1S/C42H71N5O8/c1-14-27(7)37(46(11)42(53)35(25(3)4)44-41(52)36(26(5)6)45(10)33(48)15-2)32(54-12)24-34(49)47-23-19-22-31(47)39(55-13)28(8)40(51)43-29(9)38(50)30-20-17-16-18-21-30/h16-18,20-21,25-29,31-32,35-39,50H,14-15,19,22-24H2,1-13H3,(H,43,51)(H,44,52)/t27-,28+,29+,31-,32+,35-,36-,37?,38+,39+/m0/s1. The maximum absolute atomic E-state index is 14.3. The number of hydrogen-bond donors (Lipinski definition) is 3. The highest BCUT2D eigenvalue weighted by atomic mass is 16.5. The normalized spacial score (nSPS) is 19.4. The van der Waals surface area contributed by atoms with Crippen LogP contribution in [0.15, 0.2) is 30.3 Å². The molecule has 0 radical (unpaired) electrons. The molecule has 0 bridgehead atoms. The number of carbonyl (C=O) groups excluding carboxylic acids is 5. The van der Waals surface area contributed by atoms with Gasteiger partial charge in [0.05, 0.1) is 48.8 Å². The van der Waals surface area contributed by atoms with Crippen molar-refractivity contribution in [2.24, 2.45) is 23.7 Å². The summed E-state index contributed by atoms with van der Waals surface area (Å²) in [7, 11) is 6.39. The number of amides is 5. The molecule has 1 aliphatic heterocycles. The van der Waals surface area contributed by atoms with E-state index in [-0.39, 0.29) is 60.3 Å². The Morgan fingerprint density at radius 2 is 1.49 bits per heavy atom. The molecule has 1 heterocycles. The van der Waals surface area contributed by atoms with Crippen LogP contribution in [0.5, 0.6) is 0 Å². The first-order valence-corrected chi connectivity index (χ1v) is 20.1. The molecule has 1 aromatic carbocycles. The zero-order valence-electron chi connectivity index (χ0n) is 35.7. The van der Waals surface area contributed by atoms with Gasteiger partial charge in [-0.15, -0.1) is 0 Å². The van der Waals surface area contributed by atoms with E-state index < -0.39 is 54.3 Å². The summed E-state index contributed by atoms with van der Waals surface area (Å²) in [6, 6.07) is 6.11. The van der Waals surface area contributed by atoms with Gasteiger partial charge in [-0.3, -0.25) is 24.0 Å². The third kappa shape index (κ3) is 12.2. The van der Waals surface area contributed by atoms with Crippen LogP contribution in [0.3, 0.4) is 0 Å². The summed E-state index contributed by atoms with van der Waals surface area (Å²) in [4.78, 5) is 73.1. The summed E-state index contributed by atoms with van der Waals surface area (Å²) in [6.07, 6.45) is 0.199. The number of ether oxygens (including phenoxy) is 2. The Labute approximate surface area is 330 Å². The van der Waals surface area contributed by atoms with Crippen LogP contribution >= 0.6 is 0 Å². The molecule has 0 aliphatic carbocycles. The molecule has 0 spiro atoms. The number of likely N-dealkylation sites (tertiary alicyclic amines) is 1. The van der Waals surface area contributed by atoms with Gasteiger partial charge in [-0.25, -0.2) is 0 Å². The van der Waals surface area contributed by atoms with E-state index in [1.54, 1.807) is 51.8 Å². The third-order valence-electron chi connectivity index (χ3n) is 11.5. The molecule has 1 saturated heterocycles. The van der Waals surface area contributed by atoms with Crippen molar-refractivity contribution in [2.45, 2.75) is 143 Å². The van der Waals surface area contributed by atoms with Gasteiger partial charge in [0.15, 0.2) is 0 Å². The van der Waals surface area contributed by atoms with E-state index in [2.05, 4.69) is 10.6 Å². The van der Waals surface area contributed by atoms with Crippen molar-refractivity contribution in [2.75, 3.05) is 34.9 Å². The van der Waals surface area contributed by atoms with Crippen molar-refractivity contribution in [3.63, 3.8) is 0 Å². The van der Waals surface area contributed by atoms with Crippen LogP contribution in [0.1, 0.15) is 106 Å². The van der Waals surface area contributed by atoms with Gasteiger partial charge in [-0.1, -0.05) is 92.1 Å². The van der Waals surface area contributed by atoms with Gasteiger partial charge in [-0.2, -0.15) is 0 Å². The Balaban J connectivity index is 2.28. The van der Waals surface area contributed by atoms with Gasteiger partial charge in [-0.05, 0) is 43.1 Å². The molecule has 0 saturated carbocycles. The van der Waals surface area contributed by atoms with Crippen LogP contribution < -0.4 is 10.6 Å². The second-order valence-corrected chi connectivity index (χ2v) is 16.0. The molecule has 312 valence electrons. The smallest absolute Gasteiger partial charge is 0.245 e. The molecular weight excluding hydrogens is 702 g/mol. The first-order chi connectivity index (χ1) is 25.9. The predicted octanol–water partition coefficient (Wildman–Crippen LogP) is 4.18. The number of aliphatic hydroxyl groups is 1. The number of rotatable bonds is 21. The molecule has 2 rings (SSSR count). The summed E-state index contributed by atoms with van der Waals surface area (Å²) >= 11 is 0. The van der Waals surface area contributed by atoms with Crippen molar-refractivity contribution in [3.05, 3.63) is 35.9 Å². The maximum atomic E-state index is 14.3. The zero-order chi connectivity index (χ0) is 41.7. The van der Waals surface area contributed by atoms with Gasteiger partial charge in [0, 0.05) is 41.3 Å². The molecule has 13 nitrogen and oxygen atoms in total. The van der Waals surface area contributed by atoms with E-state index in [0.29, 0.717) is 24.9 Å². The summed E-state index contributed by atoms with van der Waals surface area (Å²) in [5.74, 6) is -2.44. The molecule has 1 aliphatic rings. The van der Waals surface area contributed by atoms with Crippen LogP contribution in [0.2, 0.25) is 0 Å². The predicted molar refractivity (Wildman–Crippen MR) is 214 cm³/mol. The Hall–Kier alpha value is -3.55. The van der Waals surface area contributed by atoms with Gasteiger partial charge < -0.3 is 39.9 Å². The van der Waals surface area contributed by atoms with Crippen molar-refractivity contribution < 1.29 is 38.6 Å². The molecule has 1 unspecified atom stereocenters. The minimum absolute atomic E-state index is 0.00497. The van der Waals surface area contributed by atoms with Crippen LogP contribution in [0, 0.1) is 23.7 Å². The van der Waals surface area contributed by atoms with Crippen LogP contribution in [-0.2, 0) is 33.4 Å². The van der Waals surface area contributed by atoms with E-state index in [0.717, 1.165) is 6.42 Å². The first-order valence-electron chi connectivity index (χ1n) is 20.1. The van der Waals surface area contributed by atoms with Gasteiger partial charge in [0.2, 0.25) is 29.5 Å². The second-order valence-electron chi connectivity index (χ2n) is 16.0. The zero-order valence-corrected chi connectivity index (χ0v) is 35.7. The fourth-order valence-electron chi connectivity index (χ4n) is 7.98. The number of hydrogen-bond acceptors (Lipinski definition) is 8. The second kappa shape index (κ2) is 22.3. The number of likely N-dealkylation sites (N-methyl/N-ethyl adjacent to an activating group) is 2. The van der Waals surface area contributed by atoms with Crippen LogP contribution in [0.4, 0.5) is 0 Å². The number of aliphatic hydroxyl groups excluding tert-OH is 1. The fourth-order valence-corrected chi connectivity index (χ4v) is 7.98. The Kier molecular flexibility index (Phi) is 19.3. The van der Waals surface area contributed by atoms with Gasteiger partial charge in [0.1, 0.15) is 12.1 Å². The maximum Gasteiger partial charge on any atom is 0.245 e. The average molecular weight is 774 g/mol. The summed E-state index contributed by atoms with van der Waals surface area (Å²) in [5, 5.41) is 16.7. The van der Waals surface area contributed by atoms with E-state index in [4.69, 9.17) is 9.47 Å². The number of carbonyl (C=O) groups is 5. The van der Waals surface area contributed by atoms with Crippen molar-refractivity contribution in [1.82, 2.24) is 25.3 Å². The van der Waals surface area contributed by atoms with E-state index in [1.165, 1.54) is 12.0 Å². The SMILES string of the molecule is CCC(=O)N(C)[C@H](C(=O)N[C@H](C(=O)N(C)C([C@@H](C)CC)[C@@H](CC(=O)N1CCC[C@H]1[C@H](OC)[C@@H](C)C(=O)N[C@H](C)[C@@H](O)c1ccccc1)OC)C(C)C)C(C)C. The Bertz CT molecular complexity index is 1390. The molecule has 1 fully saturated rings. The van der Waals surface area contributed by atoms with Crippen molar-refractivity contribution >= 4 is 29.5 Å². The molecular formula is C42H71N5O8. The fraction of sp³-hybridized carbons (Fsp3) is 0.738. The van der Waals surface area contributed by atoms with Crippen LogP contribution in [-0.4, -0.2) is 127 Å². The summed E-state index contributed by atoms with van der Waals surface area (Å²) < 4.78 is 11.9. The molecule has 1 aromatic rings. The first kappa shape index (κ1) is 47.6. The van der Waals surface area contributed by atoms with Gasteiger partial charge >= 0.3 is 0 Å². The van der Waals surface area contributed by atoms with E-state index >= 15 is 0 Å². The molecule has 10 atom stereocenters. The molecule has 55 heavy (non-hydrogen) atoms. The number of methoxy groups -OCH3 is 2. The lowest BCUT2D eigenvalue weighted by Crippen LogP contribution is -2.60. The lowest BCUT2D eigenvalue weighted by atomic mass is 9.89. The molecule has 13 heteroatoms. The quantitative estimate of drug-likeness (QED) is 0.168. The lowest BCUT2D eigenvalue weighted by molar-refractivity contribution is -0.148. The van der Waals surface area contributed by atoms with Crippen molar-refractivity contribution in [3.8, 4) is 0 Å². The minimum Gasteiger partial charge on any atom is -0.386 e. The van der Waals surface area contributed by atoms with Crippen molar-refractivity contribution in [1.29, 1.82) is 0 Å². The van der Waals surface area contributed by atoms with E-state index in [1.807, 2.05) is 71.9 Å². The van der Waals surface area contributed by atoms with Crippen LogP contribution in [0.25, 0.3) is 0 Å². The topological polar surface area (TPSA) is 158 Å². The number of nitrogens with one attached hydrogen (secondary N) is 2.